The predicted molar refractivity (Wildman–Crippen MR) is 93.4 cm³/mol. The predicted octanol–water partition coefficient (Wildman–Crippen LogP) is 2.07. The van der Waals surface area contributed by atoms with Crippen molar-refractivity contribution < 1.29 is 14.4 Å². The van der Waals surface area contributed by atoms with Crippen LogP contribution < -0.4 is 10.6 Å². The Balaban J connectivity index is 1.43. The highest BCUT2D eigenvalue weighted by Gasteiger charge is 2.55. The Morgan fingerprint density at radius 2 is 2.20 bits per heavy atom. The van der Waals surface area contributed by atoms with Crippen LogP contribution in [-0.4, -0.2) is 39.8 Å². The van der Waals surface area contributed by atoms with E-state index in [1.165, 1.54) is 16.2 Å². The third-order valence-electron chi connectivity index (χ3n) is 5.65. The minimum absolute atomic E-state index is 0.0905. The van der Waals surface area contributed by atoms with Gasteiger partial charge in [-0.3, -0.25) is 14.5 Å². The van der Waals surface area contributed by atoms with Gasteiger partial charge in [-0.1, -0.05) is 19.8 Å². The molecule has 4 amide bonds. The Kier molecular flexibility index (Phi) is 4.02. The molecule has 3 aliphatic rings. The Hall–Kier alpha value is -1.96. The monoisotopic (exact) mass is 362 g/mol. The Bertz CT molecular complexity index is 725. The van der Waals surface area contributed by atoms with Gasteiger partial charge in [0.1, 0.15) is 12.1 Å². The maximum absolute atomic E-state index is 12.9. The van der Waals surface area contributed by atoms with Gasteiger partial charge in [0, 0.05) is 4.88 Å². The van der Waals surface area contributed by atoms with E-state index in [4.69, 9.17) is 0 Å². The van der Waals surface area contributed by atoms with Gasteiger partial charge < -0.3 is 10.6 Å². The van der Waals surface area contributed by atoms with Gasteiger partial charge in [-0.25, -0.2) is 9.78 Å². The molecule has 1 aliphatic heterocycles. The van der Waals surface area contributed by atoms with E-state index in [1.807, 2.05) is 6.92 Å². The summed E-state index contributed by atoms with van der Waals surface area (Å²) in [5.41, 5.74) is 0.239. The molecule has 1 aromatic heterocycles. The molecule has 0 radical (unpaired) electrons. The minimum atomic E-state index is -0.821. The first-order valence-corrected chi connectivity index (χ1v) is 9.74. The molecule has 7 nitrogen and oxygen atoms in total. The van der Waals surface area contributed by atoms with Crippen molar-refractivity contribution in [3.05, 3.63) is 10.6 Å². The number of aromatic nitrogens is 1. The lowest BCUT2D eigenvalue weighted by atomic mass is 9.73. The van der Waals surface area contributed by atoms with E-state index in [1.54, 1.807) is 0 Å². The van der Waals surface area contributed by atoms with Gasteiger partial charge in [0.2, 0.25) is 5.91 Å². The molecule has 1 aromatic rings. The Labute approximate surface area is 150 Å². The van der Waals surface area contributed by atoms with Crippen molar-refractivity contribution in [1.29, 1.82) is 0 Å². The molecule has 2 fully saturated rings. The number of urea groups is 1. The normalized spacial score (nSPS) is 28.4. The smallest absolute Gasteiger partial charge is 0.323 e. The number of carbonyl (C=O) groups is 3. The van der Waals surface area contributed by atoms with Gasteiger partial charge in [-0.15, -0.1) is 11.3 Å². The summed E-state index contributed by atoms with van der Waals surface area (Å²) in [5.74, 6) is -0.550. The highest BCUT2D eigenvalue weighted by atomic mass is 32.1. The van der Waals surface area contributed by atoms with Gasteiger partial charge in [-0.2, -0.15) is 0 Å². The zero-order valence-corrected chi connectivity index (χ0v) is 15.1. The fourth-order valence-corrected chi connectivity index (χ4v) is 5.25. The quantitative estimate of drug-likeness (QED) is 0.805. The fourth-order valence-electron chi connectivity index (χ4n) is 4.19. The fraction of sp³-hybridized carbons (Fsp3) is 0.647. The van der Waals surface area contributed by atoms with Gasteiger partial charge in [-0.05, 0) is 38.0 Å². The van der Waals surface area contributed by atoms with Crippen LogP contribution in [0.5, 0.6) is 0 Å². The van der Waals surface area contributed by atoms with Crippen LogP contribution in [0.15, 0.2) is 0 Å². The first kappa shape index (κ1) is 16.5. The Morgan fingerprint density at radius 3 is 2.96 bits per heavy atom. The summed E-state index contributed by atoms with van der Waals surface area (Å²) in [6.45, 7) is 1.74. The molecule has 1 saturated carbocycles. The molecular weight excluding hydrogens is 340 g/mol. The standard InChI is InChI=1S/C17H22N4O3S/c1-10-5-2-3-8-17(10)14(23)21(16(24)20-17)9-13(22)19-15-18-11-6-4-7-12(11)25-15/h10H,2-9H2,1H3,(H,20,24)(H,18,19,22)/t10-,17+/m0/s1. The lowest BCUT2D eigenvalue weighted by Gasteiger charge is -2.36. The number of fused-ring (bicyclic) bond motifs is 1. The highest BCUT2D eigenvalue weighted by Crippen LogP contribution is 2.38. The van der Waals surface area contributed by atoms with Crippen LogP contribution >= 0.6 is 11.3 Å². The first-order chi connectivity index (χ1) is 12.0. The SMILES string of the molecule is C[C@H]1CCCC[C@@]12NC(=O)N(CC(=O)Nc1nc3c(s1)CCC3)C2=O. The van der Waals surface area contributed by atoms with Crippen LogP contribution in [0, 0.1) is 5.92 Å². The van der Waals surface area contributed by atoms with E-state index in [2.05, 4.69) is 15.6 Å². The lowest BCUT2D eigenvalue weighted by Crippen LogP contribution is -2.54. The van der Waals surface area contributed by atoms with Gasteiger partial charge in [0.15, 0.2) is 5.13 Å². The highest BCUT2D eigenvalue weighted by molar-refractivity contribution is 7.15. The number of hydrogen-bond donors (Lipinski definition) is 2. The van der Waals surface area contributed by atoms with Crippen molar-refractivity contribution in [2.75, 3.05) is 11.9 Å². The maximum Gasteiger partial charge on any atom is 0.325 e. The van der Waals surface area contributed by atoms with Crippen molar-refractivity contribution in [2.45, 2.75) is 57.4 Å². The zero-order valence-electron chi connectivity index (χ0n) is 14.3. The number of rotatable bonds is 3. The van der Waals surface area contributed by atoms with E-state index in [0.29, 0.717) is 11.6 Å². The number of imide groups is 1. The largest absolute Gasteiger partial charge is 0.325 e. The van der Waals surface area contributed by atoms with E-state index in [0.717, 1.165) is 49.1 Å². The van der Waals surface area contributed by atoms with Crippen LogP contribution in [-0.2, 0) is 22.4 Å². The lowest BCUT2D eigenvalue weighted by molar-refractivity contribution is -0.136. The maximum atomic E-state index is 12.9. The van der Waals surface area contributed by atoms with Gasteiger partial charge in [0.05, 0.1) is 5.69 Å². The molecule has 4 rings (SSSR count). The summed E-state index contributed by atoms with van der Waals surface area (Å²) >= 11 is 1.48. The molecule has 0 bridgehead atoms. The summed E-state index contributed by atoms with van der Waals surface area (Å²) in [4.78, 5) is 44.2. The molecule has 1 spiro atoms. The summed E-state index contributed by atoms with van der Waals surface area (Å²) < 4.78 is 0. The number of amides is 4. The molecule has 0 unspecified atom stereocenters. The summed E-state index contributed by atoms with van der Waals surface area (Å²) in [5, 5.41) is 6.16. The molecule has 2 N–H and O–H groups in total. The third kappa shape index (κ3) is 2.72. The van der Waals surface area contributed by atoms with Crippen LogP contribution in [0.4, 0.5) is 9.93 Å². The second kappa shape index (κ2) is 6.09. The van der Waals surface area contributed by atoms with Crippen LogP contribution in [0.25, 0.3) is 0 Å². The van der Waals surface area contributed by atoms with Crippen molar-refractivity contribution in [1.82, 2.24) is 15.2 Å². The van der Waals surface area contributed by atoms with E-state index in [9.17, 15) is 14.4 Å². The molecule has 134 valence electrons. The third-order valence-corrected chi connectivity index (χ3v) is 6.72. The molecular formula is C17H22N4O3S. The number of nitrogens with one attached hydrogen (secondary N) is 2. The van der Waals surface area contributed by atoms with E-state index >= 15 is 0 Å². The Morgan fingerprint density at radius 1 is 1.36 bits per heavy atom. The van der Waals surface area contributed by atoms with Crippen molar-refractivity contribution in [3.63, 3.8) is 0 Å². The summed E-state index contributed by atoms with van der Waals surface area (Å²) in [7, 11) is 0. The molecule has 0 aromatic carbocycles. The average Bonchev–Trinajstić information content (AvgIpc) is 3.20. The molecule has 25 heavy (non-hydrogen) atoms. The molecule has 2 aliphatic carbocycles. The number of aryl methyl sites for hydroxylation is 2. The van der Waals surface area contributed by atoms with Crippen LogP contribution in [0.3, 0.4) is 0 Å². The average molecular weight is 362 g/mol. The number of nitrogens with zero attached hydrogens (tertiary/aromatic N) is 2. The van der Waals surface area contributed by atoms with E-state index < -0.39 is 11.6 Å². The number of anilines is 1. The second-order valence-corrected chi connectivity index (χ2v) is 8.31. The summed E-state index contributed by atoms with van der Waals surface area (Å²) in [6.07, 6.45) is 6.63. The van der Waals surface area contributed by atoms with Crippen LogP contribution in [0.1, 0.15) is 49.6 Å². The topological polar surface area (TPSA) is 91.4 Å². The molecule has 1 saturated heterocycles. The number of carbonyl (C=O) groups excluding carboxylic acids is 3. The molecule has 2 heterocycles. The molecule has 8 heteroatoms. The first-order valence-electron chi connectivity index (χ1n) is 8.92. The van der Waals surface area contributed by atoms with Crippen molar-refractivity contribution in [2.24, 2.45) is 5.92 Å². The van der Waals surface area contributed by atoms with Crippen molar-refractivity contribution in [3.8, 4) is 0 Å². The number of hydrogen-bond acceptors (Lipinski definition) is 5. The summed E-state index contributed by atoms with van der Waals surface area (Å²) in [6, 6.07) is -0.462. The van der Waals surface area contributed by atoms with Crippen LogP contribution in [0.2, 0.25) is 0 Å². The molecule has 2 atom stereocenters. The van der Waals surface area contributed by atoms with E-state index in [-0.39, 0.29) is 24.3 Å². The van der Waals surface area contributed by atoms with Gasteiger partial charge >= 0.3 is 6.03 Å². The second-order valence-electron chi connectivity index (χ2n) is 7.23. The zero-order chi connectivity index (χ0) is 17.6. The minimum Gasteiger partial charge on any atom is -0.323 e. The van der Waals surface area contributed by atoms with Gasteiger partial charge in [0.25, 0.3) is 5.91 Å². The van der Waals surface area contributed by atoms with Crippen molar-refractivity contribution >= 4 is 34.3 Å². The number of thiazole rings is 1.